The quantitative estimate of drug-likeness (QED) is 0.446. The fourth-order valence-electron chi connectivity index (χ4n) is 4.14. The smallest absolute Gasteiger partial charge is 0.329 e. The molecule has 21 heavy (non-hydrogen) atoms. The third-order valence-corrected chi connectivity index (χ3v) is 5.41. The van der Waals surface area contributed by atoms with Crippen molar-refractivity contribution >= 4 is 17.8 Å². The lowest BCUT2D eigenvalue weighted by molar-refractivity contribution is -0.159. The first kappa shape index (κ1) is 14.3. The van der Waals surface area contributed by atoms with Crippen LogP contribution in [0, 0.1) is 29.6 Å². The van der Waals surface area contributed by atoms with Crippen LogP contribution in [0.15, 0.2) is 12.2 Å². The molecule has 0 spiro atoms. The Hall–Kier alpha value is -1.65. The molecule has 2 aliphatic carbocycles. The van der Waals surface area contributed by atoms with Crippen molar-refractivity contribution in [2.75, 3.05) is 7.11 Å². The molecule has 6 atom stereocenters. The monoisotopic (exact) mass is 291 g/mol. The Kier molecular flexibility index (Phi) is 3.38. The molecule has 1 heterocycles. The lowest BCUT2D eigenvalue weighted by Crippen LogP contribution is -2.50. The van der Waals surface area contributed by atoms with Gasteiger partial charge in [0.2, 0.25) is 11.8 Å². The predicted octanol–water partition coefficient (Wildman–Crippen LogP) is 1.38. The van der Waals surface area contributed by atoms with Gasteiger partial charge in [-0.15, -0.1) is 0 Å². The molecule has 3 rings (SSSR count). The SMILES string of the molecule is CC[C@@H](C)C(C(=O)OC)N1C(=O)C2C3C=CC(C3)C2C1=O. The van der Waals surface area contributed by atoms with Gasteiger partial charge in [-0.3, -0.25) is 14.5 Å². The zero-order valence-corrected chi connectivity index (χ0v) is 12.6. The van der Waals surface area contributed by atoms with E-state index < -0.39 is 12.0 Å². The van der Waals surface area contributed by atoms with Crippen LogP contribution in [0.4, 0.5) is 0 Å². The second-order valence-corrected chi connectivity index (χ2v) is 6.40. The molecule has 3 aliphatic rings. The number of likely N-dealkylation sites (tertiary alicyclic amines) is 1. The molecule has 0 aromatic heterocycles. The summed E-state index contributed by atoms with van der Waals surface area (Å²) in [6.45, 7) is 3.82. The lowest BCUT2D eigenvalue weighted by atomic mass is 9.85. The molecule has 1 saturated heterocycles. The molecule has 0 aromatic carbocycles. The van der Waals surface area contributed by atoms with Gasteiger partial charge in [0.1, 0.15) is 6.04 Å². The van der Waals surface area contributed by atoms with Crippen molar-refractivity contribution in [1.29, 1.82) is 0 Å². The third kappa shape index (κ3) is 1.86. The summed E-state index contributed by atoms with van der Waals surface area (Å²) >= 11 is 0. The summed E-state index contributed by atoms with van der Waals surface area (Å²) < 4.78 is 4.84. The number of carbonyl (C=O) groups is 3. The van der Waals surface area contributed by atoms with Gasteiger partial charge < -0.3 is 4.74 Å². The van der Waals surface area contributed by atoms with Gasteiger partial charge in [0.05, 0.1) is 18.9 Å². The van der Waals surface area contributed by atoms with Crippen LogP contribution < -0.4 is 0 Å². The minimum atomic E-state index is -0.787. The Morgan fingerprint density at radius 1 is 1.29 bits per heavy atom. The summed E-state index contributed by atoms with van der Waals surface area (Å²) in [5.74, 6) is -1.16. The van der Waals surface area contributed by atoms with E-state index in [1.165, 1.54) is 12.0 Å². The fraction of sp³-hybridized carbons (Fsp3) is 0.688. The molecular weight excluding hydrogens is 270 g/mol. The van der Waals surface area contributed by atoms with E-state index in [1.807, 2.05) is 13.8 Å². The Balaban J connectivity index is 1.93. The van der Waals surface area contributed by atoms with Gasteiger partial charge >= 0.3 is 5.97 Å². The summed E-state index contributed by atoms with van der Waals surface area (Å²) in [5.41, 5.74) is 0. The normalized spacial score (nSPS) is 36.0. The van der Waals surface area contributed by atoms with Crippen molar-refractivity contribution < 1.29 is 19.1 Å². The summed E-state index contributed by atoms with van der Waals surface area (Å²) in [6, 6.07) is -0.787. The number of amides is 2. The van der Waals surface area contributed by atoms with Gasteiger partial charge in [-0.1, -0.05) is 32.4 Å². The summed E-state index contributed by atoms with van der Waals surface area (Å²) in [4.78, 5) is 38.8. The van der Waals surface area contributed by atoms with Crippen molar-refractivity contribution in [3.05, 3.63) is 12.2 Å². The highest BCUT2D eigenvalue weighted by molar-refractivity contribution is 6.09. The molecule has 5 nitrogen and oxygen atoms in total. The average molecular weight is 291 g/mol. The van der Waals surface area contributed by atoms with Crippen molar-refractivity contribution in [3.8, 4) is 0 Å². The van der Waals surface area contributed by atoms with E-state index in [1.54, 1.807) is 0 Å². The Bertz CT molecular complexity index is 496. The molecule has 2 amide bonds. The molecule has 1 saturated carbocycles. The minimum absolute atomic E-state index is 0.102. The van der Waals surface area contributed by atoms with E-state index >= 15 is 0 Å². The molecule has 5 unspecified atom stereocenters. The number of carbonyl (C=O) groups excluding carboxylic acids is 3. The summed E-state index contributed by atoms with van der Waals surface area (Å²) in [7, 11) is 1.30. The summed E-state index contributed by atoms with van der Waals surface area (Å²) in [6.07, 6.45) is 5.71. The highest BCUT2D eigenvalue weighted by atomic mass is 16.5. The van der Waals surface area contributed by atoms with Gasteiger partial charge in [0.15, 0.2) is 0 Å². The number of imide groups is 1. The largest absolute Gasteiger partial charge is 0.467 e. The van der Waals surface area contributed by atoms with Gasteiger partial charge in [-0.25, -0.2) is 4.79 Å². The van der Waals surface area contributed by atoms with Crippen molar-refractivity contribution in [1.82, 2.24) is 4.90 Å². The number of esters is 1. The number of hydrogen-bond donors (Lipinski definition) is 0. The van der Waals surface area contributed by atoms with Gasteiger partial charge in [-0.05, 0) is 24.2 Å². The molecule has 0 radical (unpaired) electrons. The van der Waals surface area contributed by atoms with E-state index in [0.717, 1.165) is 6.42 Å². The number of nitrogens with zero attached hydrogens (tertiary/aromatic N) is 1. The molecule has 0 aromatic rings. The standard InChI is InChI=1S/C16H21NO4/c1-4-8(2)13(16(20)21-3)17-14(18)11-9-5-6-10(7-9)12(11)15(17)19/h5-6,8-13H,4,7H2,1-3H3/t8-,9?,10?,11?,12?,13?/m1/s1. The highest BCUT2D eigenvalue weighted by Gasteiger charge is 2.61. The van der Waals surface area contributed by atoms with Crippen LogP contribution >= 0.6 is 0 Å². The van der Waals surface area contributed by atoms with Crippen LogP contribution in [0.1, 0.15) is 26.7 Å². The van der Waals surface area contributed by atoms with E-state index in [0.29, 0.717) is 6.42 Å². The zero-order valence-electron chi connectivity index (χ0n) is 12.6. The highest BCUT2D eigenvalue weighted by Crippen LogP contribution is 2.53. The second kappa shape index (κ2) is 4.97. The lowest BCUT2D eigenvalue weighted by Gasteiger charge is -2.29. The Morgan fingerprint density at radius 2 is 1.81 bits per heavy atom. The van der Waals surface area contributed by atoms with Crippen molar-refractivity contribution in [2.45, 2.75) is 32.7 Å². The maximum absolute atomic E-state index is 12.7. The van der Waals surface area contributed by atoms with Crippen LogP contribution in [0.5, 0.6) is 0 Å². The van der Waals surface area contributed by atoms with E-state index in [2.05, 4.69) is 12.2 Å². The van der Waals surface area contributed by atoms with Crippen LogP contribution in [-0.2, 0) is 19.1 Å². The molecule has 5 heteroatoms. The first-order chi connectivity index (χ1) is 10.0. The van der Waals surface area contributed by atoms with Gasteiger partial charge in [0, 0.05) is 0 Å². The molecule has 2 fully saturated rings. The van der Waals surface area contributed by atoms with Crippen LogP contribution in [0.3, 0.4) is 0 Å². The number of rotatable bonds is 4. The van der Waals surface area contributed by atoms with Crippen LogP contribution in [0.25, 0.3) is 0 Å². The average Bonchev–Trinajstić information content (AvgIpc) is 3.15. The predicted molar refractivity (Wildman–Crippen MR) is 74.8 cm³/mol. The molecule has 114 valence electrons. The van der Waals surface area contributed by atoms with Crippen LogP contribution in [0.2, 0.25) is 0 Å². The maximum Gasteiger partial charge on any atom is 0.329 e. The second-order valence-electron chi connectivity index (χ2n) is 6.40. The Labute approximate surface area is 124 Å². The summed E-state index contributed by atoms with van der Waals surface area (Å²) in [5, 5.41) is 0. The molecule has 2 bridgehead atoms. The minimum Gasteiger partial charge on any atom is -0.467 e. The first-order valence-corrected chi connectivity index (χ1v) is 7.64. The van der Waals surface area contributed by atoms with Crippen molar-refractivity contribution in [2.24, 2.45) is 29.6 Å². The number of hydrogen-bond acceptors (Lipinski definition) is 4. The van der Waals surface area contributed by atoms with Gasteiger partial charge in [0.25, 0.3) is 0 Å². The number of fused-ring (bicyclic) bond motifs is 5. The van der Waals surface area contributed by atoms with Crippen molar-refractivity contribution in [3.63, 3.8) is 0 Å². The molecular formula is C16H21NO4. The third-order valence-electron chi connectivity index (χ3n) is 5.41. The van der Waals surface area contributed by atoms with Crippen LogP contribution in [-0.4, -0.2) is 35.8 Å². The number of ether oxygens (including phenoxy) is 1. The van der Waals surface area contributed by atoms with E-state index in [9.17, 15) is 14.4 Å². The maximum atomic E-state index is 12.7. The van der Waals surface area contributed by atoms with E-state index in [4.69, 9.17) is 4.74 Å². The number of methoxy groups -OCH3 is 1. The Morgan fingerprint density at radius 3 is 2.24 bits per heavy atom. The van der Waals surface area contributed by atoms with E-state index in [-0.39, 0.29) is 41.4 Å². The molecule has 1 aliphatic heterocycles. The van der Waals surface area contributed by atoms with Gasteiger partial charge in [-0.2, -0.15) is 0 Å². The fourth-order valence-corrected chi connectivity index (χ4v) is 4.14. The first-order valence-electron chi connectivity index (χ1n) is 7.64. The topological polar surface area (TPSA) is 63.7 Å². The zero-order chi connectivity index (χ0) is 15.3. The number of allylic oxidation sites excluding steroid dienone is 2. The molecule has 0 N–H and O–H groups in total.